The molecule has 1 heterocycles. The highest BCUT2D eigenvalue weighted by Gasteiger charge is 2.41. The third kappa shape index (κ3) is 2.05. The number of aliphatic hydroxyl groups is 1. The minimum Gasteiger partial charge on any atom is -0.394 e. The number of hydrogen-bond acceptors (Lipinski definition) is 4. The van der Waals surface area contributed by atoms with Gasteiger partial charge in [-0.05, 0) is 25.0 Å². The Labute approximate surface area is 111 Å². The van der Waals surface area contributed by atoms with Gasteiger partial charge < -0.3 is 9.84 Å². The summed E-state index contributed by atoms with van der Waals surface area (Å²) in [5.41, 5.74) is 2.44. The number of fused-ring (bicyclic) bond motifs is 1. The molecule has 1 aromatic carbocycles. The normalized spacial score (nSPS) is 15.9. The molecule has 0 saturated heterocycles. The van der Waals surface area contributed by atoms with Crippen LogP contribution in [0, 0.1) is 13.8 Å². The molecular weight excluding hydrogens is 246 g/mol. The number of imide groups is 1. The molecule has 2 amide bonds. The van der Waals surface area contributed by atoms with Crippen LogP contribution in [0.4, 0.5) is 0 Å². The molecule has 0 aromatic heterocycles. The second kappa shape index (κ2) is 5.11. The van der Waals surface area contributed by atoms with Gasteiger partial charge in [0, 0.05) is 7.11 Å². The molecular formula is C14H17NO4. The number of aryl methyl sites for hydroxylation is 2. The molecule has 0 radical (unpaired) electrons. The summed E-state index contributed by atoms with van der Waals surface area (Å²) in [4.78, 5) is 25.9. The molecule has 2 rings (SSSR count). The fourth-order valence-electron chi connectivity index (χ4n) is 2.43. The maximum absolute atomic E-state index is 12.4. The van der Waals surface area contributed by atoms with Gasteiger partial charge in [0.25, 0.3) is 11.8 Å². The van der Waals surface area contributed by atoms with Crippen LogP contribution < -0.4 is 0 Å². The molecule has 1 N–H and O–H groups in total. The highest BCUT2D eigenvalue weighted by atomic mass is 16.5. The van der Waals surface area contributed by atoms with Crippen molar-refractivity contribution in [2.45, 2.75) is 19.9 Å². The molecule has 5 heteroatoms. The molecule has 1 unspecified atom stereocenters. The average Bonchev–Trinajstić information content (AvgIpc) is 2.65. The van der Waals surface area contributed by atoms with E-state index in [1.165, 1.54) is 7.11 Å². The number of ether oxygens (including phenoxy) is 1. The molecule has 5 nitrogen and oxygen atoms in total. The van der Waals surface area contributed by atoms with Crippen LogP contribution >= 0.6 is 0 Å². The summed E-state index contributed by atoms with van der Waals surface area (Å²) in [6.45, 7) is 3.42. The van der Waals surface area contributed by atoms with E-state index in [1.54, 1.807) is 13.8 Å². The number of carbonyl (C=O) groups is 2. The monoisotopic (exact) mass is 263 g/mol. The number of methoxy groups -OCH3 is 1. The first-order valence-electron chi connectivity index (χ1n) is 6.10. The minimum atomic E-state index is -0.642. The van der Waals surface area contributed by atoms with E-state index in [9.17, 15) is 14.7 Å². The van der Waals surface area contributed by atoms with E-state index in [4.69, 9.17) is 4.74 Å². The first-order valence-corrected chi connectivity index (χ1v) is 6.10. The number of rotatable bonds is 4. The zero-order valence-corrected chi connectivity index (χ0v) is 11.3. The molecule has 1 aromatic rings. The summed E-state index contributed by atoms with van der Waals surface area (Å²) in [7, 11) is 1.47. The number of benzene rings is 1. The standard InChI is InChI=1S/C14H17NO4/c1-8-4-5-9(2)12-11(8)13(17)15(14(12)18)10(6-16)7-19-3/h4-5,10,16H,6-7H2,1-3H3. The average molecular weight is 263 g/mol. The molecule has 102 valence electrons. The van der Waals surface area contributed by atoms with Crippen molar-refractivity contribution in [2.75, 3.05) is 20.3 Å². The summed E-state index contributed by atoms with van der Waals surface area (Å²) in [5.74, 6) is -0.699. The highest BCUT2D eigenvalue weighted by Crippen LogP contribution is 2.29. The fraction of sp³-hybridized carbons (Fsp3) is 0.429. The molecule has 0 fully saturated rings. The zero-order chi connectivity index (χ0) is 14.2. The zero-order valence-electron chi connectivity index (χ0n) is 11.3. The van der Waals surface area contributed by atoms with Gasteiger partial charge in [0.2, 0.25) is 0 Å². The Kier molecular flexibility index (Phi) is 3.68. The molecule has 0 spiro atoms. The lowest BCUT2D eigenvalue weighted by Gasteiger charge is -2.23. The van der Waals surface area contributed by atoms with E-state index >= 15 is 0 Å². The fourth-order valence-corrected chi connectivity index (χ4v) is 2.43. The van der Waals surface area contributed by atoms with Gasteiger partial charge in [0.15, 0.2) is 0 Å². The predicted molar refractivity (Wildman–Crippen MR) is 69.2 cm³/mol. The van der Waals surface area contributed by atoms with Gasteiger partial charge in [-0.3, -0.25) is 14.5 Å². The van der Waals surface area contributed by atoms with E-state index in [0.29, 0.717) is 11.1 Å². The van der Waals surface area contributed by atoms with Gasteiger partial charge in [-0.2, -0.15) is 0 Å². The van der Waals surface area contributed by atoms with Gasteiger partial charge in [-0.25, -0.2) is 0 Å². The SMILES string of the molecule is COCC(CO)N1C(=O)c2c(C)ccc(C)c2C1=O. The maximum atomic E-state index is 12.4. The highest BCUT2D eigenvalue weighted by molar-refractivity contribution is 6.22. The summed E-state index contributed by atoms with van der Waals surface area (Å²) in [6.07, 6.45) is 0. The van der Waals surface area contributed by atoms with E-state index in [-0.39, 0.29) is 25.0 Å². The van der Waals surface area contributed by atoms with Gasteiger partial charge in [-0.15, -0.1) is 0 Å². The van der Waals surface area contributed by atoms with Crippen LogP contribution in [0.15, 0.2) is 12.1 Å². The molecule has 19 heavy (non-hydrogen) atoms. The number of carbonyl (C=O) groups excluding carboxylic acids is 2. The van der Waals surface area contributed by atoms with Crippen LogP contribution in [-0.2, 0) is 4.74 Å². The van der Waals surface area contributed by atoms with Crippen LogP contribution in [0.2, 0.25) is 0 Å². The molecule has 0 aliphatic carbocycles. The first-order chi connectivity index (χ1) is 9.02. The van der Waals surface area contributed by atoms with Crippen LogP contribution in [0.25, 0.3) is 0 Å². The van der Waals surface area contributed by atoms with Crippen LogP contribution in [0.5, 0.6) is 0 Å². The van der Waals surface area contributed by atoms with E-state index in [1.807, 2.05) is 12.1 Å². The lowest BCUT2D eigenvalue weighted by Crippen LogP contribution is -2.44. The van der Waals surface area contributed by atoms with Gasteiger partial charge in [0.05, 0.1) is 30.4 Å². The second-order valence-corrected chi connectivity index (χ2v) is 4.72. The van der Waals surface area contributed by atoms with Crippen molar-refractivity contribution in [3.8, 4) is 0 Å². The lowest BCUT2D eigenvalue weighted by atomic mass is 9.99. The number of amides is 2. The largest absolute Gasteiger partial charge is 0.394 e. The summed E-state index contributed by atoms with van der Waals surface area (Å²) >= 11 is 0. The van der Waals surface area contributed by atoms with Crippen molar-refractivity contribution in [1.29, 1.82) is 0 Å². The Morgan fingerprint density at radius 3 is 2.00 bits per heavy atom. The van der Waals surface area contributed by atoms with Crippen molar-refractivity contribution < 1.29 is 19.4 Å². The van der Waals surface area contributed by atoms with Crippen molar-refractivity contribution in [2.24, 2.45) is 0 Å². The minimum absolute atomic E-state index is 0.125. The lowest BCUT2D eigenvalue weighted by molar-refractivity contribution is 0.0357. The second-order valence-electron chi connectivity index (χ2n) is 4.72. The third-order valence-electron chi connectivity index (χ3n) is 3.42. The summed E-state index contributed by atoms with van der Waals surface area (Å²) in [6, 6.07) is 3.01. The van der Waals surface area contributed by atoms with Crippen molar-refractivity contribution >= 4 is 11.8 Å². The van der Waals surface area contributed by atoms with E-state index in [2.05, 4.69) is 0 Å². The molecule has 0 saturated carbocycles. The van der Waals surface area contributed by atoms with E-state index < -0.39 is 6.04 Å². The number of hydrogen-bond donors (Lipinski definition) is 1. The Morgan fingerprint density at radius 2 is 1.63 bits per heavy atom. The molecule has 1 aliphatic heterocycles. The van der Waals surface area contributed by atoms with E-state index in [0.717, 1.165) is 16.0 Å². The molecule has 1 atom stereocenters. The number of nitrogens with zero attached hydrogens (tertiary/aromatic N) is 1. The Balaban J connectivity index is 2.50. The van der Waals surface area contributed by atoms with Crippen molar-refractivity contribution in [3.63, 3.8) is 0 Å². The van der Waals surface area contributed by atoms with Gasteiger partial charge in [0.1, 0.15) is 0 Å². The van der Waals surface area contributed by atoms with Crippen LogP contribution in [-0.4, -0.2) is 48.2 Å². The topological polar surface area (TPSA) is 66.8 Å². The Morgan fingerprint density at radius 1 is 1.16 bits per heavy atom. The quantitative estimate of drug-likeness (QED) is 0.820. The maximum Gasteiger partial charge on any atom is 0.262 e. The van der Waals surface area contributed by atoms with Crippen LogP contribution in [0.1, 0.15) is 31.8 Å². The third-order valence-corrected chi connectivity index (χ3v) is 3.42. The van der Waals surface area contributed by atoms with Gasteiger partial charge in [-0.1, -0.05) is 12.1 Å². The molecule has 0 bridgehead atoms. The smallest absolute Gasteiger partial charge is 0.262 e. The van der Waals surface area contributed by atoms with Crippen LogP contribution in [0.3, 0.4) is 0 Å². The predicted octanol–water partition coefficient (Wildman–Crippen LogP) is 0.907. The molecule has 1 aliphatic rings. The first kappa shape index (κ1) is 13.7. The summed E-state index contributed by atoms with van der Waals surface area (Å²) < 4.78 is 4.96. The van der Waals surface area contributed by atoms with Crippen molar-refractivity contribution in [3.05, 3.63) is 34.4 Å². The summed E-state index contributed by atoms with van der Waals surface area (Å²) in [5, 5.41) is 9.34. The Bertz CT molecular complexity index is 497. The number of aliphatic hydroxyl groups excluding tert-OH is 1. The van der Waals surface area contributed by atoms with Crippen molar-refractivity contribution in [1.82, 2.24) is 4.90 Å². The Hall–Kier alpha value is -1.72. The van der Waals surface area contributed by atoms with Gasteiger partial charge >= 0.3 is 0 Å².